The topological polar surface area (TPSA) is 0 Å². The lowest BCUT2D eigenvalue weighted by Crippen LogP contribution is -1.40. The van der Waals surface area contributed by atoms with Crippen LogP contribution < -0.4 is 0 Å². The zero-order valence-electron chi connectivity index (χ0n) is 3.60. The van der Waals surface area contributed by atoms with Crippen LogP contribution in [0.1, 0.15) is 0 Å². The van der Waals surface area contributed by atoms with Gasteiger partial charge in [0.05, 0.1) is 1.28 Å². The van der Waals surface area contributed by atoms with E-state index in [1.807, 2.05) is 6.66 Å². The monoisotopic (exact) mass is 95.0 g/mol. The number of hydrogen-bond acceptors (Lipinski definition) is 1. The van der Waals surface area contributed by atoms with Crippen molar-refractivity contribution in [1.82, 2.24) is 0 Å². The molecule has 26 valence electrons. The molecule has 0 fully saturated rings. The quantitative estimate of drug-likeness (QED) is 0.367. The molecular formula is C2H7PS. The van der Waals surface area contributed by atoms with E-state index in [0.717, 1.165) is 5.49 Å². The molecule has 0 saturated heterocycles. The van der Waals surface area contributed by atoms with Gasteiger partial charge < -0.3 is 0 Å². The van der Waals surface area contributed by atoms with E-state index in [-0.39, 0.29) is 0 Å². The largest absolute Gasteiger partial charge is 0.175 e. The molecule has 0 aromatic heterocycles. The standard InChI is InChI=1S/C2H7PS/c1-3-2-4/h3-4H,2H2,1H3/i3D. The fourth-order valence-electron chi connectivity index (χ4n) is 0. The van der Waals surface area contributed by atoms with Crippen LogP contribution in [0.4, 0.5) is 0 Å². The lowest BCUT2D eigenvalue weighted by molar-refractivity contribution is 2.22. The van der Waals surface area contributed by atoms with Gasteiger partial charge in [-0.1, -0.05) is 0 Å². The highest BCUT2D eigenvalue weighted by atomic mass is 32.1. The first-order valence-electron chi connectivity index (χ1n) is 1.53. The number of rotatable bonds is 1. The summed E-state index contributed by atoms with van der Waals surface area (Å²) in [6.45, 7) is 1.88. The maximum Gasteiger partial charge on any atom is 0.0585 e. The summed E-state index contributed by atoms with van der Waals surface area (Å²) < 4.78 is 6.81. The molecule has 0 rings (SSSR count). The third-order valence-electron chi connectivity index (χ3n) is 0.141. The summed E-state index contributed by atoms with van der Waals surface area (Å²) in [7, 11) is -0.484. The summed E-state index contributed by atoms with van der Waals surface area (Å²) in [6, 6.07) is 0. The van der Waals surface area contributed by atoms with Crippen LogP contribution in [0.5, 0.6) is 0 Å². The first-order chi connectivity index (χ1) is 2.27. The van der Waals surface area contributed by atoms with E-state index in [9.17, 15) is 0 Å². The van der Waals surface area contributed by atoms with Gasteiger partial charge in [0, 0.05) is 5.49 Å². The van der Waals surface area contributed by atoms with Crippen LogP contribution in [0.3, 0.4) is 0 Å². The van der Waals surface area contributed by atoms with Crippen LogP contribution in [-0.2, 0) is 0 Å². The molecule has 0 nitrogen and oxygen atoms in total. The minimum absolute atomic E-state index is 0.484. The fraction of sp³-hybridized carbons (Fsp3) is 1.00. The van der Waals surface area contributed by atoms with E-state index in [2.05, 4.69) is 12.6 Å². The summed E-state index contributed by atoms with van der Waals surface area (Å²) in [6.07, 6.45) is 0. The summed E-state index contributed by atoms with van der Waals surface area (Å²) in [5.41, 5.74) is 0.731. The Kier molecular flexibility index (Phi) is 2.82. The Bertz CT molecular complexity index is 23.6. The van der Waals surface area contributed by atoms with Crippen molar-refractivity contribution in [3.05, 3.63) is 0 Å². The zero-order valence-corrected chi connectivity index (χ0v) is 4.39. The van der Waals surface area contributed by atoms with Crippen LogP contribution in [0.25, 0.3) is 0 Å². The highest BCUT2D eigenvalue weighted by Crippen LogP contribution is 2.00. The van der Waals surface area contributed by atoms with Gasteiger partial charge in [0.1, 0.15) is 0 Å². The molecule has 0 bridgehead atoms. The van der Waals surface area contributed by atoms with Crippen molar-refractivity contribution >= 4 is 21.2 Å². The second-order valence-corrected chi connectivity index (χ2v) is 2.22. The highest BCUT2D eigenvalue weighted by molar-refractivity contribution is 7.86. The van der Waals surface area contributed by atoms with E-state index in [1.165, 1.54) is 0 Å². The van der Waals surface area contributed by atoms with E-state index in [4.69, 9.17) is 1.28 Å². The molecule has 0 N–H and O–H groups in total. The fourth-order valence-corrected chi connectivity index (χ4v) is 0. The molecule has 0 saturated carbocycles. The molecule has 4 heavy (non-hydrogen) atoms. The Morgan fingerprint density at radius 1 is 2.50 bits per heavy atom. The predicted octanol–water partition coefficient (Wildman–Crippen LogP) is 1.18. The predicted molar refractivity (Wildman–Crippen MR) is 28.1 cm³/mol. The maximum atomic E-state index is 6.81. The van der Waals surface area contributed by atoms with Crippen molar-refractivity contribution in [3.63, 3.8) is 0 Å². The molecule has 0 aliphatic rings. The smallest absolute Gasteiger partial charge is 0.0585 e. The Morgan fingerprint density at radius 3 is 2.75 bits per heavy atom. The summed E-state index contributed by atoms with van der Waals surface area (Å²) in [5, 5.41) is 0. The third kappa shape index (κ3) is 2.78. The molecule has 1 unspecified atom stereocenters. The first-order valence-corrected chi connectivity index (χ1v) is 3.24. The van der Waals surface area contributed by atoms with Gasteiger partial charge in [-0.25, -0.2) is 0 Å². The van der Waals surface area contributed by atoms with Gasteiger partial charge in [-0.3, -0.25) is 0 Å². The SMILES string of the molecule is [2H]P(C)CS. The lowest BCUT2D eigenvalue weighted by atomic mass is 11.9. The first kappa shape index (κ1) is 2.99. The maximum absolute atomic E-state index is 6.81. The van der Waals surface area contributed by atoms with E-state index < -0.39 is 8.53 Å². The van der Waals surface area contributed by atoms with E-state index >= 15 is 0 Å². The van der Waals surface area contributed by atoms with Gasteiger partial charge in [-0.2, -0.15) is 12.6 Å². The van der Waals surface area contributed by atoms with Crippen molar-refractivity contribution < 1.29 is 0 Å². The van der Waals surface area contributed by atoms with Crippen LogP contribution in [0.15, 0.2) is 0 Å². The molecule has 1 atom stereocenters. The third-order valence-corrected chi connectivity index (χ3v) is 1.27. The number of hydrogen-bond donors (Lipinski definition) is 1. The molecule has 2 heteroatoms. The van der Waals surface area contributed by atoms with Crippen molar-refractivity contribution in [2.75, 3.05) is 12.2 Å². The van der Waals surface area contributed by atoms with Gasteiger partial charge in [0.15, 0.2) is 0 Å². The Hall–Kier alpha value is 0.780. The molecule has 0 aliphatic carbocycles. The van der Waals surface area contributed by atoms with Gasteiger partial charge in [0.25, 0.3) is 0 Å². The van der Waals surface area contributed by atoms with Gasteiger partial charge >= 0.3 is 0 Å². The minimum Gasteiger partial charge on any atom is -0.175 e. The normalized spacial score (nSPS) is 19.0. The average molecular weight is 95.1 g/mol. The van der Waals surface area contributed by atoms with Crippen molar-refractivity contribution in [2.24, 2.45) is 0 Å². The van der Waals surface area contributed by atoms with E-state index in [0.29, 0.717) is 0 Å². The van der Waals surface area contributed by atoms with Crippen LogP contribution in [-0.4, -0.2) is 13.4 Å². The van der Waals surface area contributed by atoms with Crippen LogP contribution in [0, 0.1) is 0 Å². The summed E-state index contributed by atoms with van der Waals surface area (Å²) >= 11 is 3.86. The van der Waals surface area contributed by atoms with Crippen LogP contribution >= 0.6 is 21.2 Å². The molecular weight excluding hydrogens is 87.1 g/mol. The molecule has 0 spiro atoms. The van der Waals surface area contributed by atoms with Gasteiger partial charge in [-0.05, 0) is 6.66 Å². The molecule has 0 aromatic carbocycles. The van der Waals surface area contributed by atoms with Gasteiger partial charge in [0.2, 0.25) is 0 Å². The summed E-state index contributed by atoms with van der Waals surface area (Å²) in [4.78, 5) is 0. The molecule has 0 aliphatic heterocycles. The Morgan fingerprint density at radius 2 is 2.75 bits per heavy atom. The zero-order chi connectivity index (χ0) is 4.28. The lowest BCUT2D eigenvalue weighted by Gasteiger charge is -1.69. The summed E-state index contributed by atoms with van der Waals surface area (Å²) in [5.74, 6) is 0. The molecule has 0 radical (unpaired) electrons. The second kappa shape index (κ2) is 3.78. The molecule has 0 heterocycles. The van der Waals surface area contributed by atoms with Crippen LogP contribution in [0.2, 0.25) is 0 Å². The average Bonchev–Trinajstić information content (AvgIpc) is 1.38. The van der Waals surface area contributed by atoms with Crippen molar-refractivity contribution in [2.45, 2.75) is 0 Å². The van der Waals surface area contributed by atoms with Gasteiger partial charge in [-0.15, -0.1) is 8.53 Å². The Balaban J connectivity index is 2.54. The van der Waals surface area contributed by atoms with E-state index in [1.54, 1.807) is 0 Å². The molecule has 0 aromatic rings. The van der Waals surface area contributed by atoms with Crippen molar-refractivity contribution in [3.8, 4) is 0 Å². The highest BCUT2D eigenvalue weighted by Gasteiger charge is 1.55. The number of thiol groups is 1. The minimum atomic E-state index is -0.484. The molecule has 0 amide bonds. The second-order valence-electron chi connectivity index (χ2n) is 0.458. The van der Waals surface area contributed by atoms with Crippen molar-refractivity contribution in [1.29, 1.82) is 1.28 Å². The Labute approximate surface area is 35.5 Å².